The van der Waals surface area contributed by atoms with Gasteiger partial charge in [0.15, 0.2) is 5.13 Å². The first-order valence-electron chi connectivity index (χ1n) is 9.04. The first kappa shape index (κ1) is 17.4. The Kier molecular flexibility index (Phi) is 4.17. The van der Waals surface area contributed by atoms with Gasteiger partial charge in [-0.2, -0.15) is 0 Å². The normalized spacial score (nSPS) is 15.1. The van der Waals surface area contributed by atoms with Crippen molar-refractivity contribution in [3.8, 4) is 5.00 Å². The molecule has 5 rings (SSSR count). The van der Waals surface area contributed by atoms with Crippen molar-refractivity contribution >= 4 is 39.0 Å². The molecule has 4 aromatic rings. The quantitative estimate of drug-likeness (QED) is 0.511. The Labute approximate surface area is 169 Å². The van der Waals surface area contributed by atoms with Crippen molar-refractivity contribution in [1.82, 2.24) is 25.0 Å². The molecule has 0 aliphatic heterocycles. The Hall–Kier alpha value is -2.71. The number of rotatable bonds is 5. The van der Waals surface area contributed by atoms with Crippen LogP contribution in [-0.4, -0.2) is 25.0 Å². The maximum Gasteiger partial charge on any atom is 0.253 e. The molecular formula is C19H17ClN6OS. The lowest BCUT2D eigenvalue weighted by molar-refractivity contribution is 0.773. The molecule has 0 unspecified atom stereocenters. The predicted molar refractivity (Wildman–Crippen MR) is 111 cm³/mol. The Bertz CT molecular complexity index is 1220. The third kappa shape index (κ3) is 3.18. The number of aromatic amines is 1. The third-order valence-corrected chi connectivity index (χ3v) is 6.05. The van der Waals surface area contributed by atoms with Crippen molar-refractivity contribution in [3.63, 3.8) is 0 Å². The summed E-state index contributed by atoms with van der Waals surface area (Å²) in [4.78, 5) is 19.9. The van der Waals surface area contributed by atoms with Crippen LogP contribution >= 0.6 is 22.9 Å². The van der Waals surface area contributed by atoms with E-state index in [1.165, 1.54) is 24.2 Å². The zero-order valence-electron chi connectivity index (χ0n) is 15.0. The fourth-order valence-electron chi connectivity index (χ4n) is 3.28. The molecule has 28 heavy (non-hydrogen) atoms. The number of thiazole rings is 1. The highest BCUT2D eigenvalue weighted by Gasteiger charge is 2.28. The van der Waals surface area contributed by atoms with Gasteiger partial charge in [0, 0.05) is 27.4 Å². The molecule has 2 N–H and O–H groups in total. The van der Waals surface area contributed by atoms with Crippen LogP contribution in [0.5, 0.6) is 0 Å². The van der Waals surface area contributed by atoms with Crippen molar-refractivity contribution in [1.29, 1.82) is 0 Å². The number of benzene rings is 1. The topological polar surface area (TPSA) is 88.5 Å². The van der Waals surface area contributed by atoms with Gasteiger partial charge in [-0.25, -0.2) is 9.67 Å². The number of hydrogen-bond donors (Lipinski definition) is 2. The van der Waals surface area contributed by atoms with Crippen molar-refractivity contribution in [2.45, 2.75) is 31.7 Å². The monoisotopic (exact) mass is 412 g/mol. The summed E-state index contributed by atoms with van der Waals surface area (Å²) in [5, 5.41) is 14.7. The highest BCUT2D eigenvalue weighted by Crippen LogP contribution is 2.41. The minimum Gasteiger partial charge on any atom is -0.355 e. The van der Waals surface area contributed by atoms with Crippen LogP contribution in [0.3, 0.4) is 0 Å². The van der Waals surface area contributed by atoms with Gasteiger partial charge >= 0.3 is 0 Å². The van der Waals surface area contributed by atoms with Crippen LogP contribution in [-0.2, 0) is 0 Å². The van der Waals surface area contributed by atoms with Crippen LogP contribution in [0.25, 0.3) is 15.9 Å². The summed E-state index contributed by atoms with van der Waals surface area (Å²) in [6.45, 7) is 1.94. The van der Waals surface area contributed by atoms with Crippen molar-refractivity contribution < 1.29 is 0 Å². The highest BCUT2D eigenvalue weighted by molar-refractivity contribution is 7.17. The van der Waals surface area contributed by atoms with E-state index in [2.05, 4.69) is 25.6 Å². The van der Waals surface area contributed by atoms with E-state index in [1.54, 1.807) is 12.3 Å². The van der Waals surface area contributed by atoms with E-state index in [1.807, 2.05) is 36.0 Å². The van der Waals surface area contributed by atoms with Crippen molar-refractivity contribution in [2.24, 2.45) is 0 Å². The number of aromatic nitrogens is 5. The second-order valence-electron chi connectivity index (χ2n) is 7.00. The van der Waals surface area contributed by atoms with Crippen LogP contribution in [0, 0.1) is 0 Å². The summed E-state index contributed by atoms with van der Waals surface area (Å²) in [5.74, 6) is 0.551. The first-order chi connectivity index (χ1) is 13.6. The summed E-state index contributed by atoms with van der Waals surface area (Å²) in [7, 11) is 0. The van der Waals surface area contributed by atoms with Gasteiger partial charge in [-0.15, -0.1) is 5.10 Å². The minimum atomic E-state index is -0.218. The molecule has 1 aromatic carbocycles. The summed E-state index contributed by atoms with van der Waals surface area (Å²) < 4.78 is 1.86. The molecule has 3 aromatic heterocycles. The van der Waals surface area contributed by atoms with Gasteiger partial charge in [0.2, 0.25) is 0 Å². The molecule has 1 atom stereocenters. The molecule has 0 bridgehead atoms. The molecule has 0 saturated heterocycles. The Morgan fingerprint density at radius 2 is 2.18 bits per heavy atom. The second kappa shape index (κ2) is 6.72. The lowest BCUT2D eigenvalue weighted by Gasteiger charge is -2.13. The van der Waals surface area contributed by atoms with Gasteiger partial charge in [-0.1, -0.05) is 28.2 Å². The van der Waals surface area contributed by atoms with Gasteiger partial charge in [-0.3, -0.25) is 4.79 Å². The van der Waals surface area contributed by atoms with Gasteiger partial charge in [0.25, 0.3) is 5.56 Å². The first-order valence-corrected chi connectivity index (χ1v) is 10.2. The Morgan fingerprint density at radius 1 is 1.32 bits per heavy atom. The van der Waals surface area contributed by atoms with Crippen LogP contribution in [0.15, 0.2) is 41.5 Å². The molecule has 9 heteroatoms. The largest absolute Gasteiger partial charge is 0.355 e. The van der Waals surface area contributed by atoms with E-state index in [0.29, 0.717) is 16.5 Å². The number of nitrogens with zero attached hydrogens (tertiary/aromatic N) is 4. The van der Waals surface area contributed by atoms with Gasteiger partial charge in [-0.05, 0) is 44.0 Å². The van der Waals surface area contributed by atoms with E-state index < -0.39 is 0 Å². The average molecular weight is 413 g/mol. The van der Waals surface area contributed by atoms with Crippen molar-refractivity contribution in [2.75, 3.05) is 5.32 Å². The summed E-state index contributed by atoms with van der Waals surface area (Å²) in [6, 6.07) is 7.07. The number of halogens is 1. The van der Waals surface area contributed by atoms with E-state index in [4.69, 9.17) is 11.6 Å². The maximum atomic E-state index is 12.5. The molecule has 1 aliphatic rings. The third-order valence-electron chi connectivity index (χ3n) is 4.92. The Balaban J connectivity index is 1.41. The molecule has 0 spiro atoms. The fraction of sp³-hybridized carbons (Fsp3) is 0.263. The van der Waals surface area contributed by atoms with Gasteiger partial charge in [0.1, 0.15) is 5.00 Å². The molecule has 7 nitrogen and oxygen atoms in total. The molecule has 0 radical (unpaired) electrons. The SMILES string of the molecule is C[C@@H](Nc1ncc(-n2nncc2C2CC2)s1)c1cc2cc(Cl)ccc2[nH]c1=O. The number of hydrogen-bond acceptors (Lipinski definition) is 6. The zero-order chi connectivity index (χ0) is 19.3. The highest BCUT2D eigenvalue weighted by atomic mass is 35.5. The van der Waals surface area contributed by atoms with E-state index in [-0.39, 0.29) is 11.6 Å². The number of fused-ring (bicyclic) bond motifs is 1. The zero-order valence-corrected chi connectivity index (χ0v) is 16.6. The molecule has 142 valence electrons. The van der Waals surface area contributed by atoms with Gasteiger partial charge in [0.05, 0.1) is 24.1 Å². The molecule has 1 aliphatic carbocycles. The molecule has 1 saturated carbocycles. The fourth-order valence-corrected chi connectivity index (χ4v) is 4.33. The number of nitrogens with one attached hydrogen (secondary N) is 2. The number of pyridine rings is 1. The van der Waals surface area contributed by atoms with E-state index in [0.717, 1.165) is 26.7 Å². The molecule has 1 fully saturated rings. The number of H-pyrrole nitrogens is 1. The van der Waals surface area contributed by atoms with Crippen LogP contribution in [0.4, 0.5) is 5.13 Å². The van der Waals surface area contributed by atoms with E-state index >= 15 is 0 Å². The average Bonchev–Trinajstić information content (AvgIpc) is 3.21. The van der Waals surface area contributed by atoms with Crippen LogP contribution in [0.2, 0.25) is 5.02 Å². The summed E-state index contributed by atoms with van der Waals surface area (Å²) in [5.41, 5.74) is 2.40. The van der Waals surface area contributed by atoms with E-state index in [9.17, 15) is 4.79 Å². The molecule has 3 heterocycles. The Morgan fingerprint density at radius 3 is 3.00 bits per heavy atom. The molecule has 0 amide bonds. The summed E-state index contributed by atoms with van der Waals surface area (Å²) >= 11 is 7.57. The van der Waals surface area contributed by atoms with Crippen molar-refractivity contribution in [3.05, 3.63) is 63.3 Å². The lowest BCUT2D eigenvalue weighted by Crippen LogP contribution is -2.19. The number of anilines is 1. The lowest BCUT2D eigenvalue weighted by atomic mass is 10.1. The van der Waals surface area contributed by atoms with Gasteiger partial charge < -0.3 is 10.3 Å². The minimum absolute atomic E-state index is 0.126. The predicted octanol–water partition coefficient (Wildman–Crippen LogP) is 4.27. The molecular weight excluding hydrogens is 396 g/mol. The summed E-state index contributed by atoms with van der Waals surface area (Å²) in [6.07, 6.45) is 5.98. The maximum absolute atomic E-state index is 12.5. The second-order valence-corrected chi connectivity index (χ2v) is 8.45. The van der Waals surface area contributed by atoms with Crippen LogP contribution < -0.4 is 10.9 Å². The van der Waals surface area contributed by atoms with Crippen LogP contribution in [0.1, 0.15) is 43.0 Å². The standard InChI is InChI=1S/C19H17ClN6OS/c1-10(14-7-12-6-13(20)4-5-15(12)24-18(14)27)23-19-21-9-17(28-19)26-16(8-22-25-26)11-2-3-11/h4-11H,2-3H2,1H3,(H,21,23)(H,24,27)/t10-/m1/s1. The smallest absolute Gasteiger partial charge is 0.253 e.